The second kappa shape index (κ2) is 9.74. The molecule has 0 fully saturated rings. The Morgan fingerprint density at radius 2 is 1.62 bits per heavy atom. The molecule has 0 atom stereocenters. The molecular formula is C24H18F4N4O2. The molecule has 4 rings (SSSR count). The SMILES string of the molecule is O=C(NCCOc1ccccc1-c1ccccc1)c1nnn(-c2ccc(F)cc2)c1C(F)(F)F. The van der Waals surface area contributed by atoms with E-state index in [1.54, 1.807) is 12.1 Å². The average molecular weight is 470 g/mol. The third-order valence-corrected chi connectivity index (χ3v) is 4.84. The predicted molar refractivity (Wildman–Crippen MR) is 116 cm³/mol. The summed E-state index contributed by atoms with van der Waals surface area (Å²) in [5.74, 6) is -1.11. The molecule has 6 nitrogen and oxygen atoms in total. The van der Waals surface area contributed by atoms with Crippen LogP contribution in [0.5, 0.6) is 5.75 Å². The van der Waals surface area contributed by atoms with E-state index in [4.69, 9.17) is 4.74 Å². The molecule has 3 aromatic carbocycles. The van der Waals surface area contributed by atoms with Crippen LogP contribution < -0.4 is 10.1 Å². The summed E-state index contributed by atoms with van der Waals surface area (Å²) in [5.41, 5.74) is -0.542. The fourth-order valence-corrected chi connectivity index (χ4v) is 3.31. The van der Waals surface area contributed by atoms with Crippen LogP contribution in [0.4, 0.5) is 17.6 Å². The Balaban J connectivity index is 1.45. The average Bonchev–Trinajstić information content (AvgIpc) is 3.29. The monoisotopic (exact) mass is 470 g/mol. The number of hydrogen-bond acceptors (Lipinski definition) is 4. The first-order valence-electron chi connectivity index (χ1n) is 10.2. The number of alkyl halides is 3. The topological polar surface area (TPSA) is 69.0 Å². The van der Waals surface area contributed by atoms with Crippen molar-refractivity contribution in [2.75, 3.05) is 13.2 Å². The predicted octanol–water partition coefficient (Wildman–Crippen LogP) is 4.90. The molecule has 0 unspecified atom stereocenters. The highest BCUT2D eigenvalue weighted by atomic mass is 19.4. The number of rotatable bonds is 7. The normalized spacial score (nSPS) is 11.3. The highest BCUT2D eigenvalue weighted by Gasteiger charge is 2.42. The largest absolute Gasteiger partial charge is 0.491 e. The van der Waals surface area contributed by atoms with E-state index in [0.717, 1.165) is 35.4 Å². The van der Waals surface area contributed by atoms with Gasteiger partial charge in [0.15, 0.2) is 11.4 Å². The molecule has 0 aliphatic carbocycles. The third kappa shape index (κ3) is 5.06. The van der Waals surface area contributed by atoms with Crippen LogP contribution in [0.25, 0.3) is 16.8 Å². The number of para-hydroxylation sites is 1. The van der Waals surface area contributed by atoms with Crippen LogP contribution in [0, 0.1) is 5.82 Å². The molecule has 34 heavy (non-hydrogen) atoms. The van der Waals surface area contributed by atoms with Gasteiger partial charge in [-0.15, -0.1) is 5.10 Å². The number of benzene rings is 3. The molecule has 1 amide bonds. The van der Waals surface area contributed by atoms with Crippen molar-refractivity contribution in [1.82, 2.24) is 20.3 Å². The van der Waals surface area contributed by atoms with Gasteiger partial charge < -0.3 is 10.1 Å². The molecule has 0 saturated heterocycles. The van der Waals surface area contributed by atoms with E-state index < -0.39 is 29.3 Å². The molecule has 0 radical (unpaired) electrons. The molecule has 1 heterocycles. The van der Waals surface area contributed by atoms with Crippen molar-refractivity contribution >= 4 is 5.91 Å². The lowest BCUT2D eigenvalue weighted by atomic mass is 10.1. The van der Waals surface area contributed by atoms with Crippen molar-refractivity contribution in [3.8, 4) is 22.6 Å². The Morgan fingerprint density at radius 3 is 2.32 bits per heavy atom. The number of ether oxygens (including phenoxy) is 1. The summed E-state index contributed by atoms with van der Waals surface area (Å²) in [6.45, 7) is -0.0499. The van der Waals surface area contributed by atoms with Gasteiger partial charge in [0.25, 0.3) is 5.91 Å². The Kier molecular flexibility index (Phi) is 6.58. The number of nitrogens with one attached hydrogen (secondary N) is 1. The number of amides is 1. The van der Waals surface area contributed by atoms with Crippen molar-refractivity contribution in [2.45, 2.75) is 6.18 Å². The lowest BCUT2D eigenvalue weighted by molar-refractivity contribution is -0.143. The molecule has 0 aliphatic heterocycles. The summed E-state index contributed by atoms with van der Waals surface area (Å²) < 4.78 is 60.5. The second-order valence-corrected chi connectivity index (χ2v) is 7.14. The minimum Gasteiger partial charge on any atom is -0.491 e. The molecule has 0 saturated carbocycles. The Morgan fingerprint density at radius 1 is 0.941 bits per heavy atom. The second-order valence-electron chi connectivity index (χ2n) is 7.14. The van der Waals surface area contributed by atoms with E-state index in [9.17, 15) is 22.4 Å². The van der Waals surface area contributed by atoms with E-state index in [-0.39, 0.29) is 18.8 Å². The van der Waals surface area contributed by atoms with Crippen molar-refractivity contribution in [3.63, 3.8) is 0 Å². The third-order valence-electron chi connectivity index (χ3n) is 4.84. The molecule has 1 N–H and O–H groups in total. The van der Waals surface area contributed by atoms with E-state index in [1.165, 1.54) is 0 Å². The first kappa shape index (κ1) is 23.0. The zero-order valence-electron chi connectivity index (χ0n) is 17.6. The summed E-state index contributed by atoms with van der Waals surface area (Å²) in [5, 5.41) is 9.25. The van der Waals surface area contributed by atoms with Gasteiger partial charge in [0, 0.05) is 5.56 Å². The van der Waals surface area contributed by atoms with E-state index in [1.807, 2.05) is 42.5 Å². The van der Waals surface area contributed by atoms with Crippen molar-refractivity contribution in [2.24, 2.45) is 0 Å². The summed E-state index contributed by atoms with van der Waals surface area (Å²) in [6.07, 6.45) is -4.92. The van der Waals surface area contributed by atoms with Gasteiger partial charge in [-0.1, -0.05) is 53.7 Å². The van der Waals surface area contributed by atoms with Crippen LogP contribution in [-0.4, -0.2) is 34.1 Å². The molecular weight excluding hydrogens is 452 g/mol. The minimum absolute atomic E-state index is 0.0169. The Labute approximate surface area is 191 Å². The van der Waals surface area contributed by atoms with Crippen molar-refractivity contribution in [3.05, 3.63) is 96.1 Å². The standard InChI is InChI=1S/C24H18F4N4O2/c25-17-10-12-18(13-11-17)32-22(24(26,27)28)21(30-31-32)23(33)29-14-15-34-20-9-5-4-8-19(20)16-6-2-1-3-7-16/h1-13H,14-15H2,(H,29,33). The van der Waals surface area contributed by atoms with Gasteiger partial charge in [0.2, 0.25) is 0 Å². The molecule has 0 aliphatic rings. The van der Waals surface area contributed by atoms with E-state index >= 15 is 0 Å². The van der Waals surface area contributed by atoms with Gasteiger partial charge in [-0.3, -0.25) is 4.79 Å². The maximum atomic E-state index is 13.7. The van der Waals surface area contributed by atoms with E-state index in [0.29, 0.717) is 10.4 Å². The minimum atomic E-state index is -4.92. The summed E-state index contributed by atoms with van der Waals surface area (Å²) in [4.78, 5) is 12.5. The van der Waals surface area contributed by atoms with E-state index in [2.05, 4.69) is 15.6 Å². The fraction of sp³-hybridized carbons (Fsp3) is 0.125. The summed E-state index contributed by atoms with van der Waals surface area (Å²) >= 11 is 0. The summed E-state index contributed by atoms with van der Waals surface area (Å²) in [6, 6.07) is 21.0. The van der Waals surface area contributed by atoms with Crippen LogP contribution in [0.2, 0.25) is 0 Å². The molecule has 10 heteroatoms. The molecule has 1 aromatic heterocycles. The van der Waals surface area contributed by atoms with Crippen LogP contribution in [-0.2, 0) is 6.18 Å². The van der Waals surface area contributed by atoms with Crippen molar-refractivity contribution < 1.29 is 27.1 Å². The van der Waals surface area contributed by atoms with Crippen LogP contribution in [0.15, 0.2) is 78.9 Å². The summed E-state index contributed by atoms with van der Waals surface area (Å²) in [7, 11) is 0. The number of nitrogens with zero attached hydrogens (tertiary/aromatic N) is 3. The van der Waals surface area contributed by atoms with Crippen LogP contribution in [0.3, 0.4) is 0 Å². The first-order chi connectivity index (χ1) is 16.3. The van der Waals surface area contributed by atoms with Crippen LogP contribution >= 0.6 is 0 Å². The molecule has 174 valence electrons. The Hall–Kier alpha value is -4.21. The van der Waals surface area contributed by atoms with Gasteiger partial charge in [-0.2, -0.15) is 13.2 Å². The maximum absolute atomic E-state index is 13.7. The Bertz CT molecular complexity index is 1270. The quantitative estimate of drug-likeness (QED) is 0.308. The smallest absolute Gasteiger partial charge is 0.435 e. The number of carbonyl (C=O) groups excluding carboxylic acids is 1. The lowest BCUT2D eigenvalue weighted by Crippen LogP contribution is -2.30. The lowest BCUT2D eigenvalue weighted by Gasteiger charge is -2.13. The maximum Gasteiger partial charge on any atom is 0.435 e. The molecule has 4 aromatic rings. The van der Waals surface area contributed by atoms with Gasteiger partial charge >= 0.3 is 6.18 Å². The highest BCUT2D eigenvalue weighted by Crippen LogP contribution is 2.33. The zero-order valence-corrected chi connectivity index (χ0v) is 17.6. The van der Waals surface area contributed by atoms with Gasteiger partial charge in [0.05, 0.1) is 12.2 Å². The number of aromatic nitrogens is 3. The van der Waals surface area contributed by atoms with Gasteiger partial charge in [-0.25, -0.2) is 9.07 Å². The van der Waals surface area contributed by atoms with Crippen LogP contribution in [0.1, 0.15) is 16.2 Å². The molecule has 0 bridgehead atoms. The number of hydrogen-bond donors (Lipinski definition) is 1. The number of halogens is 4. The highest BCUT2D eigenvalue weighted by molar-refractivity contribution is 5.93. The van der Waals surface area contributed by atoms with Crippen molar-refractivity contribution in [1.29, 1.82) is 0 Å². The van der Waals surface area contributed by atoms with Gasteiger partial charge in [0.1, 0.15) is 18.2 Å². The fourth-order valence-electron chi connectivity index (χ4n) is 3.31. The van der Waals surface area contributed by atoms with Gasteiger partial charge in [-0.05, 0) is 35.9 Å². The molecule has 0 spiro atoms. The number of carbonyl (C=O) groups is 1. The first-order valence-corrected chi connectivity index (χ1v) is 10.2. The zero-order chi connectivity index (χ0) is 24.1.